The Labute approximate surface area is 87.6 Å². The van der Waals surface area contributed by atoms with E-state index in [-0.39, 0.29) is 36.2 Å². The van der Waals surface area contributed by atoms with E-state index in [1.807, 2.05) is 0 Å². The van der Waals surface area contributed by atoms with E-state index in [2.05, 4.69) is 19.8 Å². The Morgan fingerprint density at radius 3 is 2.45 bits per heavy atom. The quantitative estimate of drug-likeness (QED) is 0.250. The Bertz CT molecular complexity index is 215. The zero-order valence-electron chi connectivity index (χ0n) is 5.23. The summed E-state index contributed by atoms with van der Waals surface area (Å²) in [6.45, 7) is 1.45. The Kier molecular flexibility index (Phi) is 8.67. The molecule has 0 heterocycles. The first-order chi connectivity index (χ1) is 4.62. The van der Waals surface area contributed by atoms with Crippen LogP contribution in [-0.4, -0.2) is 44.6 Å². The predicted octanol–water partition coefficient (Wildman–Crippen LogP) is -0.842. The van der Waals surface area contributed by atoms with Crippen LogP contribution in [0.5, 0.6) is 0 Å². The molecule has 0 aromatic rings. The van der Waals surface area contributed by atoms with Crippen molar-refractivity contribution in [2.75, 3.05) is 6.61 Å². The minimum atomic E-state index is -4.06. The standard InChI is InChI=1S/C4H6O5S.Na.H/c1-3-7-9-10(5,6)8-4-2;;/h1H,4H2,2H3;;. The first-order valence-electron chi connectivity index (χ1n) is 2.32. The summed E-state index contributed by atoms with van der Waals surface area (Å²) in [6.07, 6.45) is 6.02. The van der Waals surface area contributed by atoms with Crippen molar-refractivity contribution in [1.82, 2.24) is 0 Å². The van der Waals surface area contributed by atoms with Gasteiger partial charge in [0.25, 0.3) is 0 Å². The minimum absolute atomic E-state index is 0. The zero-order chi connectivity index (χ0) is 8.04. The normalized spacial score (nSPS) is 9.45. The molecule has 0 N–H and O–H groups in total. The van der Waals surface area contributed by atoms with Crippen LogP contribution in [0.3, 0.4) is 0 Å². The Hall–Kier alpha value is 0.230. The van der Waals surface area contributed by atoms with Gasteiger partial charge in [0.2, 0.25) is 0 Å². The molecule has 60 valence electrons. The van der Waals surface area contributed by atoms with Crippen molar-refractivity contribution in [2.45, 2.75) is 6.92 Å². The molecule has 0 atom stereocenters. The molecule has 0 rings (SSSR count). The third-order valence-corrected chi connectivity index (χ3v) is 1.19. The molecule has 0 aliphatic heterocycles. The van der Waals surface area contributed by atoms with Crippen molar-refractivity contribution in [3.8, 4) is 12.5 Å². The molecule has 0 bridgehead atoms. The molecule has 0 aromatic heterocycles. The molecule has 7 heteroatoms. The maximum absolute atomic E-state index is 10.3. The fraction of sp³-hybridized carbons (Fsp3) is 0.500. The fourth-order valence-electron chi connectivity index (χ4n) is 0.225. The topological polar surface area (TPSA) is 61.8 Å². The summed E-state index contributed by atoms with van der Waals surface area (Å²) in [5, 5.41) is 0. The molecule has 0 aliphatic carbocycles. The van der Waals surface area contributed by atoms with E-state index >= 15 is 0 Å². The average Bonchev–Trinajstić information content (AvgIpc) is 1.84. The fourth-order valence-corrected chi connectivity index (χ4v) is 0.676. The first kappa shape index (κ1) is 13.8. The van der Waals surface area contributed by atoms with Gasteiger partial charge in [-0.25, -0.2) is 4.18 Å². The van der Waals surface area contributed by atoms with E-state index in [1.165, 1.54) is 13.0 Å². The second-order valence-electron chi connectivity index (χ2n) is 1.08. The molecule has 0 amide bonds. The van der Waals surface area contributed by atoms with Crippen LogP contribution in [0.15, 0.2) is 0 Å². The summed E-state index contributed by atoms with van der Waals surface area (Å²) in [7, 11) is -4.06. The van der Waals surface area contributed by atoms with Gasteiger partial charge in [-0.3, -0.25) is 4.89 Å². The number of rotatable bonds is 4. The molecule has 5 nitrogen and oxygen atoms in total. The van der Waals surface area contributed by atoms with Crippen LogP contribution in [0.1, 0.15) is 6.92 Å². The van der Waals surface area contributed by atoms with Crippen LogP contribution < -0.4 is 0 Å². The van der Waals surface area contributed by atoms with Gasteiger partial charge >= 0.3 is 40.0 Å². The molecular formula is C4H7NaO5S. The second kappa shape index (κ2) is 6.91. The van der Waals surface area contributed by atoms with Gasteiger partial charge in [0, 0.05) is 0 Å². The summed E-state index contributed by atoms with van der Waals surface area (Å²) >= 11 is 0. The molecule has 0 saturated carbocycles. The molecule has 0 fully saturated rings. The van der Waals surface area contributed by atoms with Crippen molar-refractivity contribution in [3.63, 3.8) is 0 Å². The van der Waals surface area contributed by atoms with Crippen molar-refractivity contribution in [3.05, 3.63) is 0 Å². The molecule has 0 saturated heterocycles. The van der Waals surface area contributed by atoms with Crippen LogP contribution in [-0.2, 0) is 23.8 Å². The Balaban J connectivity index is 0. The number of terminal acetylenes is 1. The molecule has 0 aliphatic rings. The SMILES string of the molecule is C#COOS(=O)(=O)OCC.[NaH]. The summed E-state index contributed by atoms with van der Waals surface area (Å²) in [6, 6.07) is 0. The van der Waals surface area contributed by atoms with Crippen LogP contribution in [0, 0.1) is 12.5 Å². The summed E-state index contributed by atoms with van der Waals surface area (Å²) < 4.78 is 28.3. The molecular weight excluding hydrogens is 183 g/mol. The summed E-state index contributed by atoms with van der Waals surface area (Å²) in [5.41, 5.74) is 0. The van der Waals surface area contributed by atoms with Crippen LogP contribution in [0.4, 0.5) is 0 Å². The second-order valence-corrected chi connectivity index (χ2v) is 2.27. The monoisotopic (exact) mass is 190 g/mol. The molecule has 11 heavy (non-hydrogen) atoms. The van der Waals surface area contributed by atoms with Gasteiger partial charge in [0.15, 0.2) is 6.11 Å². The van der Waals surface area contributed by atoms with Gasteiger partial charge < -0.3 is 0 Å². The van der Waals surface area contributed by atoms with E-state index in [4.69, 9.17) is 0 Å². The third kappa shape index (κ3) is 8.13. The van der Waals surface area contributed by atoms with Crippen LogP contribution >= 0.6 is 0 Å². The summed E-state index contributed by atoms with van der Waals surface area (Å²) in [5.74, 6) is 0. The van der Waals surface area contributed by atoms with E-state index in [0.717, 1.165) is 0 Å². The molecule has 0 aromatic carbocycles. The van der Waals surface area contributed by atoms with Gasteiger partial charge in [-0.15, -0.1) is 0 Å². The Morgan fingerprint density at radius 1 is 1.55 bits per heavy atom. The van der Waals surface area contributed by atoms with Crippen LogP contribution in [0.25, 0.3) is 0 Å². The third-order valence-electron chi connectivity index (χ3n) is 0.428. The van der Waals surface area contributed by atoms with Crippen molar-refractivity contribution in [2.24, 2.45) is 0 Å². The van der Waals surface area contributed by atoms with Crippen molar-refractivity contribution < 1.29 is 21.8 Å². The summed E-state index contributed by atoms with van der Waals surface area (Å²) in [4.78, 5) is 3.67. The van der Waals surface area contributed by atoms with Crippen molar-refractivity contribution in [1.29, 1.82) is 0 Å². The van der Waals surface area contributed by atoms with Gasteiger partial charge in [-0.2, -0.15) is 8.42 Å². The van der Waals surface area contributed by atoms with E-state index in [1.54, 1.807) is 0 Å². The maximum atomic E-state index is 10.3. The first-order valence-corrected chi connectivity index (χ1v) is 3.66. The zero-order valence-corrected chi connectivity index (χ0v) is 6.05. The van der Waals surface area contributed by atoms with Gasteiger partial charge in [0.05, 0.1) is 6.61 Å². The van der Waals surface area contributed by atoms with Crippen LogP contribution in [0.2, 0.25) is 0 Å². The number of hydrogen-bond donors (Lipinski definition) is 0. The molecule has 0 spiro atoms. The van der Waals surface area contributed by atoms with Gasteiger partial charge in [-0.1, -0.05) is 6.42 Å². The Morgan fingerprint density at radius 2 is 2.09 bits per heavy atom. The van der Waals surface area contributed by atoms with Gasteiger partial charge in [-0.05, 0) is 11.3 Å². The van der Waals surface area contributed by atoms with E-state index in [0.29, 0.717) is 0 Å². The predicted molar refractivity (Wildman–Crippen MR) is 38.7 cm³/mol. The van der Waals surface area contributed by atoms with Crippen molar-refractivity contribution >= 4 is 40.0 Å². The average molecular weight is 190 g/mol. The van der Waals surface area contributed by atoms with E-state index in [9.17, 15) is 8.42 Å². The molecule has 0 radical (unpaired) electrons. The number of hydrogen-bond acceptors (Lipinski definition) is 5. The molecule has 0 unspecified atom stereocenters. The van der Waals surface area contributed by atoms with Gasteiger partial charge in [0.1, 0.15) is 0 Å². The van der Waals surface area contributed by atoms with E-state index < -0.39 is 10.4 Å².